The highest BCUT2D eigenvalue weighted by Crippen LogP contribution is 2.16. The summed E-state index contributed by atoms with van der Waals surface area (Å²) in [5.41, 5.74) is 0.645. The van der Waals surface area contributed by atoms with Crippen molar-refractivity contribution < 1.29 is 9.90 Å². The van der Waals surface area contributed by atoms with Gasteiger partial charge in [0.1, 0.15) is 16.5 Å². The minimum Gasteiger partial charge on any atom is -0.384 e. The number of thiazole rings is 1. The Balaban J connectivity index is 2.02. The average Bonchev–Trinajstić information content (AvgIpc) is 3.02. The summed E-state index contributed by atoms with van der Waals surface area (Å²) in [4.78, 5) is 17.9. The maximum Gasteiger partial charge on any atom is 0.262 e. The van der Waals surface area contributed by atoms with Crippen molar-refractivity contribution in [3.63, 3.8) is 0 Å². The molecule has 2 heterocycles. The molecule has 0 atom stereocenters. The number of carbonyl (C=O) groups excluding carboxylic acids is 1. The van der Waals surface area contributed by atoms with Crippen molar-refractivity contribution in [3.8, 4) is 11.8 Å². The molecule has 2 N–H and O–H groups in total. The van der Waals surface area contributed by atoms with Crippen LogP contribution in [0.3, 0.4) is 0 Å². The molecule has 0 radical (unpaired) electrons. The maximum atomic E-state index is 12.0. The van der Waals surface area contributed by atoms with Gasteiger partial charge in [0.25, 0.3) is 5.91 Å². The lowest BCUT2D eigenvalue weighted by atomic mass is 10.2. The summed E-state index contributed by atoms with van der Waals surface area (Å²) in [7, 11) is 0. The van der Waals surface area contributed by atoms with E-state index in [1.807, 2.05) is 12.3 Å². The zero-order chi connectivity index (χ0) is 13.7. The van der Waals surface area contributed by atoms with E-state index in [1.54, 1.807) is 23.6 Å². The number of thiophene rings is 1. The van der Waals surface area contributed by atoms with Crippen molar-refractivity contribution in [2.75, 3.05) is 6.61 Å². The molecule has 19 heavy (non-hydrogen) atoms. The van der Waals surface area contributed by atoms with Crippen molar-refractivity contribution >= 4 is 28.6 Å². The van der Waals surface area contributed by atoms with Crippen LogP contribution < -0.4 is 5.32 Å². The largest absolute Gasteiger partial charge is 0.384 e. The zero-order valence-corrected chi connectivity index (χ0v) is 11.9. The molecule has 2 rings (SSSR count). The molecule has 0 unspecified atom stereocenters. The Bertz CT molecular complexity index is 634. The van der Waals surface area contributed by atoms with Gasteiger partial charge in [0.2, 0.25) is 0 Å². The van der Waals surface area contributed by atoms with Crippen LogP contribution in [0, 0.1) is 18.8 Å². The Morgan fingerprint density at radius 3 is 3.11 bits per heavy atom. The standard InChI is InChI=1S/C13H12N2O2S2/c1-9-7-14-11(19-9)8-15-13(17)12-10(3-2-5-16)4-6-18-12/h4,6-7,16H,5,8H2,1H3,(H,15,17). The van der Waals surface area contributed by atoms with Crippen LogP contribution in [0.15, 0.2) is 17.6 Å². The van der Waals surface area contributed by atoms with Gasteiger partial charge in [-0.1, -0.05) is 11.8 Å². The number of aliphatic hydroxyl groups is 1. The molecule has 4 nitrogen and oxygen atoms in total. The van der Waals surface area contributed by atoms with Crippen LogP contribution in [-0.4, -0.2) is 22.6 Å². The smallest absolute Gasteiger partial charge is 0.262 e. The summed E-state index contributed by atoms with van der Waals surface area (Å²) in [6.07, 6.45) is 1.79. The first-order valence-electron chi connectivity index (χ1n) is 5.57. The number of hydrogen-bond acceptors (Lipinski definition) is 5. The van der Waals surface area contributed by atoms with Crippen molar-refractivity contribution in [1.82, 2.24) is 10.3 Å². The van der Waals surface area contributed by atoms with Crippen molar-refractivity contribution in [2.45, 2.75) is 13.5 Å². The summed E-state index contributed by atoms with van der Waals surface area (Å²) >= 11 is 2.90. The van der Waals surface area contributed by atoms with Gasteiger partial charge in [0.05, 0.1) is 6.54 Å². The molecule has 2 aromatic rings. The Morgan fingerprint density at radius 1 is 1.58 bits per heavy atom. The van der Waals surface area contributed by atoms with Gasteiger partial charge in [0, 0.05) is 16.6 Å². The number of aromatic nitrogens is 1. The van der Waals surface area contributed by atoms with Crippen molar-refractivity contribution in [1.29, 1.82) is 0 Å². The van der Waals surface area contributed by atoms with Crippen LogP contribution in [0.5, 0.6) is 0 Å². The molecule has 0 bridgehead atoms. The van der Waals surface area contributed by atoms with Gasteiger partial charge in [0.15, 0.2) is 0 Å². The first-order chi connectivity index (χ1) is 9.20. The van der Waals surface area contributed by atoms with Gasteiger partial charge in [-0.15, -0.1) is 22.7 Å². The molecule has 0 saturated heterocycles. The average molecular weight is 292 g/mol. The molecule has 2 aromatic heterocycles. The Kier molecular flexibility index (Phi) is 4.68. The summed E-state index contributed by atoms with van der Waals surface area (Å²) in [6.45, 7) is 2.18. The number of aliphatic hydroxyl groups excluding tert-OH is 1. The minimum absolute atomic E-state index is 0.162. The van der Waals surface area contributed by atoms with Crippen molar-refractivity contribution in [3.05, 3.63) is 38.0 Å². The van der Waals surface area contributed by atoms with E-state index in [0.29, 0.717) is 17.0 Å². The highest BCUT2D eigenvalue weighted by molar-refractivity contribution is 7.12. The second-order valence-corrected chi connectivity index (χ2v) is 5.91. The number of hydrogen-bond donors (Lipinski definition) is 2. The first kappa shape index (κ1) is 13.7. The number of carbonyl (C=O) groups is 1. The third-order valence-corrected chi connectivity index (χ3v) is 4.07. The van der Waals surface area contributed by atoms with E-state index in [9.17, 15) is 4.79 Å². The predicted octanol–water partition coefficient (Wildman–Crippen LogP) is 1.79. The van der Waals surface area contributed by atoms with E-state index in [1.165, 1.54) is 11.3 Å². The van der Waals surface area contributed by atoms with Gasteiger partial charge in [-0.2, -0.15) is 0 Å². The van der Waals surface area contributed by atoms with Crippen LogP contribution in [-0.2, 0) is 6.54 Å². The van der Waals surface area contributed by atoms with Gasteiger partial charge < -0.3 is 10.4 Å². The summed E-state index contributed by atoms with van der Waals surface area (Å²) in [5.74, 6) is 5.15. The molecule has 98 valence electrons. The fourth-order valence-electron chi connectivity index (χ4n) is 1.44. The Labute approximate surface area is 119 Å². The van der Waals surface area contributed by atoms with Crippen LogP contribution in [0.25, 0.3) is 0 Å². The lowest BCUT2D eigenvalue weighted by Crippen LogP contribution is -2.22. The third kappa shape index (κ3) is 3.64. The molecule has 0 aliphatic rings. The maximum absolute atomic E-state index is 12.0. The zero-order valence-electron chi connectivity index (χ0n) is 10.3. The van der Waals surface area contributed by atoms with Gasteiger partial charge in [-0.3, -0.25) is 4.79 Å². The van der Waals surface area contributed by atoms with Gasteiger partial charge >= 0.3 is 0 Å². The molecule has 0 saturated carbocycles. The van der Waals surface area contributed by atoms with Crippen LogP contribution >= 0.6 is 22.7 Å². The predicted molar refractivity (Wildman–Crippen MR) is 76.3 cm³/mol. The quantitative estimate of drug-likeness (QED) is 0.848. The molecule has 6 heteroatoms. The van der Waals surface area contributed by atoms with Gasteiger partial charge in [-0.25, -0.2) is 4.98 Å². The van der Waals surface area contributed by atoms with Crippen LogP contribution in [0.4, 0.5) is 0 Å². The molecule has 1 amide bonds. The highest BCUT2D eigenvalue weighted by Gasteiger charge is 2.12. The first-order valence-corrected chi connectivity index (χ1v) is 7.27. The topological polar surface area (TPSA) is 62.2 Å². The lowest BCUT2D eigenvalue weighted by molar-refractivity contribution is 0.0954. The second kappa shape index (κ2) is 6.48. The number of nitrogens with zero attached hydrogens (tertiary/aromatic N) is 1. The van der Waals surface area contributed by atoms with Crippen LogP contribution in [0.2, 0.25) is 0 Å². The van der Waals surface area contributed by atoms with E-state index in [-0.39, 0.29) is 12.5 Å². The van der Waals surface area contributed by atoms with Crippen LogP contribution in [0.1, 0.15) is 25.1 Å². The van der Waals surface area contributed by atoms with E-state index >= 15 is 0 Å². The second-order valence-electron chi connectivity index (χ2n) is 3.67. The van der Waals surface area contributed by atoms with E-state index in [4.69, 9.17) is 5.11 Å². The highest BCUT2D eigenvalue weighted by atomic mass is 32.1. The monoisotopic (exact) mass is 292 g/mol. The summed E-state index contributed by atoms with van der Waals surface area (Å²) in [6, 6.07) is 1.77. The number of amides is 1. The fraction of sp³-hybridized carbons (Fsp3) is 0.231. The summed E-state index contributed by atoms with van der Waals surface area (Å²) in [5, 5.41) is 14.2. The third-order valence-electron chi connectivity index (χ3n) is 2.24. The van der Waals surface area contributed by atoms with Crippen molar-refractivity contribution in [2.24, 2.45) is 0 Å². The van der Waals surface area contributed by atoms with E-state index < -0.39 is 0 Å². The number of aryl methyl sites for hydroxylation is 1. The SMILES string of the molecule is Cc1cnc(CNC(=O)c2sccc2C#CCO)s1. The Morgan fingerprint density at radius 2 is 2.42 bits per heavy atom. The van der Waals surface area contributed by atoms with Gasteiger partial charge in [-0.05, 0) is 18.4 Å². The van der Waals surface area contributed by atoms with E-state index in [0.717, 1.165) is 9.88 Å². The molecule has 0 aromatic carbocycles. The molecule has 0 aliphatic carbocycles. The number of nitrogens with one attached hydrogen (secondary N) is 1. The lowest BCUT2D eigenvalue weighted by Gasteiger charge is -2.01. The Hall–Kier alpha value is -1.68. The fourth-order valence-corrected chi connectivity index (χ4v) is 2.93. The summed E-state index contributed by atoms with van der Waals surface area (Å²) < 4.78 is 0. The molecule has 0 spiro atoms. The molecule has 0 fully saturated rings. The number of rotatable bonds is 3. The normalized spacial score (nSPS) is 9.79. The minimum atomic E-state index is -0.213. The molecular formula is C13H12N2O2S2. The van der Waals surface area contributed by atoms with E-state index in [2.05, 4.69) is 22.1 Å². The molecular weight excluding hydrogens is 280 g/mol. The molecule has 0 aliphatic heterocycles.